The fourth-order valence-electron chi connectivity index (χ4n) is 3.65. The van der Waals surface area contributed by atoms with Gasteiger partial charge in [0.05, 0.1) is 25.6 Å². The highest BCUT2D eigenvalue weighted by molar-refractivity contribution is 5.66. The number of ether oxygens (including phenoxy) is 2. The highest BCUT2D eigenvalue weighted by Gasteiger charge is 2.18. The van der Waals surface area contributed by atoms with E-state index in [1.807, 2.05) is 42.5 Å². The molecule has 0 radical (unpaired) electrons. The van der Waals surface area contributed by atoms with Crippen LogP contribution >= 0.6 is 0 Å². The van der Waals surface area contributed by atoms with Gasteiger partial charge in [-0.3, -0.25) is 0 Å². The second-order valence-electron chi connectivity index (χ2n) is 8.52. The first kappa shape index (κ1) is 25.9. The van der Waals surface area contributed by atoms with Crippen LogP contribution in [0.25, 0.3) is 0 Å². The monoisotopic (exact) mass is 474 g/mol. The Hall–Kier alpha value is -3.74. The zero-order valence-corrected chi connectivity index (χ0v) is 21.3. The molecule has 2 unspecified atom stereocenters. The van der Waals surface area contributed by atoms with Gasteiger partial charge in [0, 0.05) is 12.1 Å². The van der Waals surface area contributed by atoms with Crippen molar-refractivity contribution >= 4 is 22.7 Å². The molecule has 3 rings (SSSR count). The second kappa shape index (κ2) is 12.1. The van der Waals surface area contributed by atoms with Crippen molar-refractivity contribution in [1.29, 1.82) is 0 Å². The third-order valence-electron chi connectivity index (χ3n) is 6.22. The summed E-state index contributed by atoms with van der Waals surface area (Å²) in [6.45, 7) is 8.42. The van der Waals surface area contributed by atoms with Gasteiger partial charge in [0.2, 0.25) is 0 Å². The van der Waals surface area contributed by atoms with Crippen molar-refractivity contribution in [3.05, 3.63) is 65.7 Å². The van der Waals surface area contributed by atoms with Gasteiger partial charge in [-0.1, -0.05) is 45.9 Å². The highest BCUT2D eigenvalue weighted by atomic mass is 16.5. The van der Waals surface area contributed by atoms with Crippen molar-refractivity contribution in [2.24, 2.45) is 20.5 Å². The molecule has 0 aliphatic rings. The van der Waals surface area contributed by atoms with Crippen molar-refractivity contribution < 1.29 is 14.6 Å². The van der Waals surface area contributed by atoms with Gasteiger partial charge < -0.3 is 14.6 Å². The summed E-state index contributed by atoms with van der Waals surface area (Å²) in [6.07, 6.45) is 1.83. The molecule has 35 heavy (non-hydrogen) atoms. The Labute approximate surface area is 207 Å². The minimum Gasteiger partial charge on any atom is -0.507 e. The van der Waals surface area contributed by atoms with Crippen molar-refractivity contribution in [1.82, 2.24) is 0 Å². The van der Waals surface area contributed by atoms with Crippen LogP contribution in [0.15, 0.2) is 75.1 Å². The number of phenolic OH excluding ortho intramolecular Hbond substituents is 1. The lowest BCUT2D eigenvalue weighted by Gasteiger charge is -2.18. The van der Waals surface area contributed by atoms with E-state index >= 15 is 0 Å². The molecule has 7 nitrogen and oxygen atoms in total. The number of hydrogen-bond acceptors (Lipinski definition) is 7. The molecule has 0 saturated heterocycles. The van der Waals surface area contributed by atoms with E-state index in [-0.39, 0.29) is 11.8 Å². The van der Waals surface area contributed by atoms with E-state index in [4.69, 9.17) is 9.47 Å². The van der Waals surface area contributed by atoms with Crippen LogP contribution in [0.5, 0.6) is 17.2 Å². The summed E-state index contributed by atoms with van der Waals surface area (Å²) in [5.74, 6) is 1.78. The van der Waals surface area contributed by atoms with E-state index in [1.54, 1.807) is 26.4 Å². The molecular formula is C28H34N4O3. The van der Waals surface area contributed by atoms with E-state index < -0.39 is 0 Å². The van der Waals surface area contributed by atoms with Crippen molar-refractivity contribution in [3.63, 3.8) is 0 Å². The Morgan fingerprint density at radius 3 is 1.57 bits per heavy atom. The number of hydrogen-bond donors (Lipinski definition) is 1. The number of nitrogens with zero attached hydrogens (tertiary/aromatic N) is 4. The Bertz CT molecular complexity index is 1160. The molecule has 3 aromatic rings. The van der Waals surface area contributed by atoms with Crippen molar-refractivity contribution in [2.45, 2.75) is 52.4 Å². The summed E-state index contributed by atoms with van der Waals surface area (Å²) >= 11 is 0. The lowest BCUT2D eigenvalue weighted by molar-refractivity contribution is 0.405. The zero-order valence-electron chi connectivity index (χ0n) is 21.3. The van der Waals surface area contributed by atoms with Gasteiger partial charge in [0.1, 0.15) is 28.6 Å². The van der Waals surface area contributed by atoms with Crippen molar-refractivity contribution in [2.75, 3.05) is 14.2 Å². The number of phenols is 1. The molecule has 0 fully saturated rings. The van der Waals surface area contributed by atoms with Gasteiger partial charge in [0.15, 0.2) is 0 Å². The number of methoxy groups -OCH3 is 2. The van der Waals surface area contributed by atoms with Gasteiger partial charge in [-0.25, -0.2) is 0 Å². The van der Waals surface area contributed by atoms with Crippen LogP contribution in [-0.2, 0) is 0 Å². The Balaban J connectivity index is 2.01. The van der Waals surface area contributed by atoms with Gasteiger partial charge >= 0.3 is 0 Å². The molecular weight excluding hydrogens is 440 g/mol. The van der Waals surface area contributed by atoms with Crippen LogP contribution in [0.1, 0.15) is 63.5 Å². The van der Waals surface area contributed by atoms with Gasteiger partial charge in [-0.05, 0) is 60.1 Å². The molecule has 0 spiro atoms. The summed E-state index contributed by atoms with van der Waals surface area (Å²) in [4.78, 5) is 0. The molecule has 0 aliphatic heterocycles. The van der Waals surface area contributed by atoms with Crippen LogP contribution in [0.3, 0.4) is 0 Å². The van der Waals surface area contributed by atoms with Crippen LogP contribution in [0, 0.1) is 0 Å². The van der Waals surface area contributed by atoms with Gasteiger partial charge in [0.25, 0.3) is 0 Å². The maximum atomic E-state index is 10.9. The molecule has 0 saturated carbocycles. The third kappa shape index (κ3) is 6.23. The zero-order chi connectivity index (χ0) is 25.4. The van der Waals surface area contributed by atoms with E-state index in [0.717, 1.165) is 29.7 Å². The van der Waals surface area contributed by atoms with Crippen LogP contribution < -0.4 is 9.47 Å². The molecule has 0 heterocycles. The largest absolute Gasteiger partial charge is 0.507 e. The van der Waals surface area contributed by atoms with E-state index in [1.165, 1.54) is 0 Å². The Morgan fingerprint density at radius 1 is 0.686 bits per heavy atom. The van der Waals surface area contributed by atoms with E-state index in [2.05, 4.69) is 48.2 Å². The quantitative estimate of drug-likeness (QED) is 0.297. The van der Waals surface area contributed by atoms with E-state index in [9.17, 15) is 5.11 Å². The Morgan fingerprint density at radius 2 is 1.14 bits per heavy atom. The number of rotatable bonds is 10. The molecule has 184 valence electrons. The normalized spacial score (nSPS) is 13.3. The lowest BCUT2D eigenvalue weighted by atomic mass is 9.89. The van der Waals surface area contributed by atoms with Gasteiger partial charge in [-0.15, -0.1) is 10.2 Å². The molecule has 2 atom stereocenters. The number of azo groups is 2. The maximum Gasteiger partial charge on any atom is 0.148 e. The third-order valence-corrected chi connectivity index (χ3v) is 6.22. The summed E-state index contributed by atoms with van der Waals surface area (Å²) in [5, 5.41) is 28.5. The predicted molar refractivity (Wildman–Crippen MR) is 140 cm³/mol. The maximum absolute atomic E-state index is 10.9. The standard InChI is InChI=1S/C28H34N4O3/c1-7-18(3)22-14-21(15-23(28(22)33)19(4)8-2)30-32-25-17-26(34-5)24(16-27(25)35-6)31-29-20-12-10-9-11-13-20/h9-19,33H,7-8H2,1-6H3. The summed E-state index contributed by atoms with van der Waals surface area (Å²) < 4.78 is 11.1. The first-order chi connectivity index (χ1) is 16.9. The summed E-state index contributed by atoms with van der Waals surface area (Å²) in [7, 11) is 3.14. The molecule has 7 heteroatoms. The minimum absolute atomic E-state index is 0.205. The predicted octanol–water partition coefficient (Wildman–Crippen LogP) is 9.27. The molecule has 0 amide bonds. The molecule has 3 aromatic carbocycles. The molecule has 0 bridgehead atoms. The average molecular weight is 475 g/mol. The first-order valence-corrected chi connectivity index (χ1v) is 11.9. The number of aromatic hydroxyl groups is 1. The van der Waals surface area contributed by atoms with Crippen LogP contribution in [0.4, 0.5) is 22.7 Å². The lowest BCUT2D eigenvalue weighted by Crippen LogP contribution is -1.98. The topological polar surface area (TPSA) is 88.1 Å². The second-order valence-corrected chi connectivity index (χ2v) is 8.52. The smallest absolute Gasteiger partial charge is 0.148 e. The molecule has 1 N–H and O–H groups in total. The highest BCUT2D eigenvalue weighted by Crippen LogP contribution is 2.42. The first-order valence-electron chi connectivity index (χ1n) is 11.9. The summed E-state index contributed by atoms with van der Waals surface area (Å²) in [6, 6.07) is 16.7. The molecule has 0 aliphatic carbocycles. The van der Waals surface area contributed by atoms with Crippen molar-refractivity contribution in [3.8, 4) is 17.2 Å². The minimum atomic E-state index is 0.205. The average Bonchev–Trinajstić information content (AvgIpc) is 2.90. The molecule has 0 aromatic heterocycles. The fraction of sp³-hybridized carbons (Fsp3) is 0.357. The fourth-order valence-corrected chi connectivity index (χ4v) is 3.65. The van der Waals surface area contributed by atoms with Gasteiger partial charge in [-0.2, -0.15) is 10.2 Å². The van der Waals surface area contributed by atoms with Crippen LogP contribution in [0.2, 0.25) is 0 Å². The number of benzene rings is 3. The summed E-state index contributed by atoms with van der Waals surface area (Å²) in [5.41, 5.74) is 4.23. The van der Waals surface area contributed by atoms with Crippen LogP contribution in [-0.4, -0.2) is 19.3 Å². The van der Waals surface area contributed by atoms with E-state index in [0.29, 0.717) is 34.3 Å². The Kier molecular flexibility index (Phi) is 8.95. The SMILES string of the molecule is CCC(C)c1cc(N=Nc2cc(OC)c(N=Nc3ccccc3)cc2OC)cc(C(C)CC)c1O.